The van der Waals surface area contributed by atoms with Gasteiger partial charge in [-0.1, -0.05) is 118 Å². The molecule has 0 spiro atoms. The smallest absolute Gasteiger partial charge is 0.296 e. The molecule has 0 amide bonds. The van der Waals surface area contributed by atoms with Crippen LogP contribution in [0.4, 0.5) is 0 Å². The van der Waals surface area contributed by atoms with Crippen LogP contribution in [0.1, 0.15) is 58.9 Å². The molecule has 3 heterocycles. The molecule has 1 aliphatic heterocycles. The number of ether oxygens (including phenoxy) is 3. The normalized spacial score (nSPS) is 12.8. The van der Waals surface area contributed by atoms with E-state index in [1.807, 2.05) is 75.4 Å². The lowest BCUT2D eigenvalue weighted by Crippen LogP contribution is -2.24. The number of aromatic nitrogens is 4. The second-order valence-corrected chi connectivity index (χ2v) is 23.9. The van der Waals surface area contributed by atoms with E-state index < -0.39 is 29.8 Å². The van der Waals surface area contributed by atoms with E-state index in [2.05, 4.69) is 39.6 Å². The predicted octanol–water partition coefficient (Wildman–Crippen LogP) is 10.5. The number of sulfone groups is 2. The molecule has 0 unspecified atom stereocenters. The van der Waals surface area contributed by atoms with Gasteiger partial charge in [0.2, 0.25) is 19.7 Å². The molecular weight excluding hydrogens is 1020 g/mol. The lowest BCUT2D eigenvalue weighted by molar-refractivity contribution is 0.198. The summed E-state index contributed by atoms with van der Waals surface area (Å²) in [5.41, 5.74) is 7.14. The number of hydrogen-bond donors (Lipinski definition) is 4. The van der Waals surface area contributed by atoms with Gasteiger partial charge < -0.3 is 25.3 Å². The van der Waals surface area contributed by atoms with Crippen molar-refractivity contribution >= 4 is 73.1 Å². The summed E-state index contributed by atoms with van der Waals surface area (Å²) in [5, 5.41) is 21.1. The van der Waals surface area contributed by atoms with Crippen molar-refractivity contribution < 1.29 is 43.6 Å². The van der Waals surface area contributed by atoms with Crippen LogP contribution >= 0.6 is 0 Å². The Morgan fingerprint density at radius 1 is 0.579 bits per heavy atom. The Morgan fingerprint density at radius 2 is 1.04 bits per heavy atom. The lowest BCUT2D eigenvalue weighted by Gasteiger charge is -2.10. The van der Waals surface area contributed by atoms with E-state index >= 15 is 0 Å². The van der Waals surface area contributed by atoms with Gasteiger partial charge >= 0.3 is 0 Å². The fourth-order valence-corrected chi connectivity index (χ4v) is 12.0. The summed E-state index contributed by atoms with van der Waals surface area (Å²) < 4.78 is 100. The molecule has 1 fully saturated rings. The third-order valence-corrected chi connectivity index (χ3v) is 16.6. The molecule has 9 aromatic rings. The Hall–Kier alpha value is -6.71. The van der Waals surface area contributed by atoms with Crippen LogP contribution in [0.2, 0.25) is 0 Å². The van der Waals surface area contributed by atoms with Gasteiger partial charge in [-0.05, 0) is 110 Å². The minimum Gasteiger partial charge on any atom is -0.494 e. The molecule has 0 bridgehead atoms. The van der Waals surface area contributed by atoms with E-state index in [1.165, 1.54) is 25.0 Å². The second kappa shape index (κ2) is 26.4. The molecule has 7 aromatic carbocycles. The number of fused-ring (bicyclic) bond motifs is 4. The number of nitrogens with zero attached hydrogens (tertiary/aromatic N) is 2. The van der Waals surface area contributed by atoms with Crippen LogP contribution in [0.5, 0.6) is 11.5 Å². The van der Waals surface area contributed by atoms with Crippen LogP contribution in [0.15, 0.2) is 170 Å². The quantitative estimate of drug-likeness (QED) is 0.0491. The highest BCUT2D eigenvalue weighted by atomic mass is 32.2. The van der Waals surface area contributed by atoms with E-state index in [0.29, 0.717) is 69.2 Å². The monoisotopic (exact) mass is 1090 g/mol. The molecule has 2 aromatic heterocycles. The summed E-state index contributed by atoms with van der Waals surface area (Å²) in [6, 6.07) is 42.7. The van der Waals surface area contributed by atoms with Crippen molar-refractivity contribution in [2.45, 2.75) is 97.1 Å². The number of nitrogens with one attached hydrogen (secondary N) is 3. The summed E-state index contributed by atoms with van der Waals surface area (Å²) in [6.45, 7) is 13.5. The summed E-state index contributed by atoms with van der Waals surface area (Å²) in [7, 11) is -11.5. The fourth-order valence-electron chi connectivity index (χ4n) is 7.95. The van der Waals surface area contributed by atoms with Gasteiger partial charge in [0.1, 0.15) is 11.5 Å². The van der Waals surface area contributed by atoms with Gasteiger partial charge in [0.05, 0.1) is 45.5 Å². The van der Waals surface area contributed by atoms with Crippen molar-refractivity contribution in [3.8, 4) is 11.5 Å². The largest absolute Gasteiger partial charge is 0.494 e. The summed E-state index contributed by atoms with van der Waals surface area (Å²) in [5.74, 6) is 1.06. The Morgan fingerprint density at radius 3 is 1.50 bits per heavy atom. The van der Waals surface area contributed by atoms with Crippen molar-refractivity contribution in [1.82, 2.24) is 25.7 Å². The van der Waals surface area contributed by atoms with Gasteiger partial charge in [0.15, 0.2) is 10.1 Å². The fraction of sp³-hybridized carbons (Fsp3) is 0.298. The van der Waals surface area contributed by atoms with Crippen LogP contribution in [-0.4, -0.2) is 97.3 Å². The van der Waals surface area contributed by atoms with Crippen molar-refractivity contribution in [2.75, 3.05) is 39.6 Å². The second-order valence-electron chi connectivity index (χ2n) is 18.6. The molecule has 0 radical (unpaired) electrons. The number of H-pyrrole nitrogens is 2. The first-order valence-corrected chi connectivity index (χ1v) is 29.5. The maximum atomic E-state index is 13.6. The maximum Gasteiger partial charge on any atom is 0.296 e. The number of rotatable bonds is 17. The first-order valence-electron chi connectivity index (χ1n) is 25.2. The average Bonchev–Trinajstić information content (AvgIpc) is 4.24. The van der Waals surface area contributed by atoms with Crippen LogP contribution in [-0.2, 0) is 38.7 Å². The zero-order chi connectivity index (χ0) is 54.3. The highest BCUT2D eigenvalue weighted by Gasteiger charge is 2.27. The Kier molecular flexibility index (Phi) is 19.8. The van der Waals surface area contributed by atoms with Gasteiger partial charge in [-0.25, -0.2) is 16.8 Å². The van der Waals surface area contributed by atoms with Crippen molar-refractivity contribution in [3.05, 3.63) is 151 Å². The molecule has 0 saturated carbocycles. The Balaban J connectivity index is 0.000000193. The predicted molar refractivity (Wildman–Crippen MR) is 298 cm³/mol. The molecule has 5 N–H and O–H groups in total. The van der Waals surface area contributed by atoms with Gasteiger partial charge in [0, 0.05) is 47.2 Å². The topological polar surface area (TPSA) is 235 Å². The van der Waals surface area contributed by atoms with E-state index in [-0.39, 0.29) is 38.0 Å². The van der Waals surface area contributed by atoms with Gasteiger partial charge in [-0.3, -0.25) is 14.4 Å². The van der Waals surface area contributed by atoms with Gasteiger partial charge in [0.25, 0.3) is 10.1 Å². The standard InChI is InChI=1S/C27H24N2O6S2.C23H25N3O3S.C4H8O.C3H9N/c1-19-10-13-22(14-11-19)37(32,33)35-17-5-16-34-21-12-15-25-24(18-21)27(29-28-25)36(30,31)26-9-4-7-20-6-2-3-8-23(20)26;1-16(2)24-13-6-14-29-18-11-12-21-20(15-18)23(26-25-21)30(27,28)22-10-5-8-17-7-3-4-9-19(17)22;1-2-4-5-3-1;1-3(2)4/h2-4,6-15,18H,5,16-17H2,1H3,(H,28,29);3-5,7-12,15-16,24H,6,13-14H2,1-2H3,(H,25,26);1-4H2;3H,4H2,1-2H3. The zero-order valence-corrected chi connectivity index (χ0v) is 45.8. The van der Waals surface area contributed by atoms with Gasteiger partial charge in [-0.15, -0.1) is 0 Å². The molecule has 16 nitrogen and oxygen atoms in total. The number of aryl methyl sites for hydroxylation is 1. The molecule has 76 heavy (non-hydrogen) atoms. The van der Waals surface area contributed by atoms with E-state index in [4.69, 9.17) is 24.1 Å². The van der Waals surface area contributed by atoms with Crippen LogP contribution in [0.25, 0.3) is 43.4 Å². The minimum atomic E-state index is -3.90. The molecule has 402 valence electrons. The first-order chi connectivity index (χ1) is 36.5. The lowest BCUT2D eigenvalue weighted by atomic mass is 10.1. The van der Waals surface area contributed by atoms with Gasteiger partial charge in [-0.2, -0.15) is 18.6 Å². The highest BCUT2D eigenvalue weighted by molar-refractivity contribution is 7.92. The molecule has 1 aliphatic rings. The molecule has 0 atom stereocenters. The number of benzene rings is 7. The van der Waals surface area contributed by atoms with Crippen molar-refractivity contribution in [3.63, 3.8) is 0 Å². The third-order valence-electron chi connectivity index (χ3n) is 11.7. The van der Waals surface area contributed by atoms with E-state index in [9.17, 15) is 25.3 Å². The minimum absolute atomic E-state index is 0.0168. The van der Waals surface area contributed by atoms with Crippen LogP contribution < -0.4 is 20.5 Å². The van der Waals surface area contributed by atoms with E-state index in [0.717, 1.165) is 42.5 Å². The van der Waals surface area contributed by atoms with Crippen LogP contribution in [0.3, 0.4) is 0 Å². The number of hydrogen-bond acceptors (Lipinski definition) is 14. The number of aromatic amines is 2. The zero-order valence-electron chi connectivity index (χ0n) is 43.4. The maximum absolute atomic E-state index is 13.6. The van der Waals surface area contributed by atoms with E-state index in [1.54, 1.807) is 78.9 Å². The summed E-state index contributed by atoms with van der Waals surface area (Å²) in [6.07, 6.45) is 3.73. The SMILES string of the molecule is C1CCOC1.CC(C)N.CC(C)NCCCOc1ccc2n[nH]c(S(=O)(=O)c3cccc4ccccc34)c2c1.Cc1ccc(S(=O)(=O)OCCCOc2ccc3n[nH]c(S(=O)(=O)c4cccc5ccccc45)c3c2)cc1. The summed E-state index contributed by atoms with van der Waals surface area (Å²) in [4.78, 5) is 0.552. The van der Waals surface area contributed by atoms with Crippen molar-refractivity contribution in [2.24, 2.45) is 5.73 Å². The number of nitrogens with two attached hydrogens (primary N) is 1. The molecule has 19 heteroatoms. The Labute approximate surface area is 445 Å². The summed E-state index contributed by atoms with van der Waals surface area (Å²) >= 11 is 0. The molecule has 1 saturated heterocycles. The average molecular weight is 1090 g/mol. The highest BCUT2D eigenvalue weighted by Crippen LogP contribution is 2.34. The molecule has 10 rings (SSSR count). The first kappa shape index (κ1) is 57.0. The Bertz CT molecular complexity index is 3670. The van der Waals surface area contributed by atoms with Crippen molar-refractivity contribution in [1.29, 1.82) is 0 Å². The molecule has 0 aliphatic carbocycles. The van der Waals surface area contributed by atoms with Crippen LogP contribution in [0, 0.1) is 6.92 Å². The third kappa shape index (κ3) is 14.8. The molecular formula is C57H66N6O10S3.